The summed E-state index contributed by atoms with van der Waals surface area (Å²) in [6.07, 6.45) is 14.4. The van der Waals surface area contributed by atoms with Gasteiger partial charge in [0, 0.05) is 13.0 Å². The van der Waals surface area contributed by atoms with E-state index in [0.29, 0.717) is 19.4 Å². The third kappa shape index (κ3) is 4.35. The molecule has 1 atom stereocenters. The van der Waals surface area contributed by atoms with E-state index in [9.17, 15) is 4.79 Å². The summed E-state index contributed by atoms with van der Waals surface area (Å²) in [6.45, 7) is 4.24. The van der Waals surface area contributed by atoms with Crippen LogP contribution in [0.2, 0.25) is 0 Å². The Morgan fingerprint density at radius 1 is 1.21 bits per heavy atom. The Morgan fingerprint density at radius 3 is 2.58 bits per heavy atom. The number of allylic oxidation sites excluding steroid dienone is 4. The highest BCUT2D eigenvalue weighted by molar-refractivity contribution is 5.79. The van der Waals surface area contributed by atoms with E-state index in [1.165, 1.54) is 0 Å². The van der Waals surface area contributed by atoms with E-state index in [-0.39, 0.29) is 11.9 Å². The van der Waals surface area contributed by atoms with E-state index >= 15 is 0 Å². The maximum atomic E-state index is 12.1. The first kappa shape index (κ1) is 15.7. The van der Waals surface area contributed by atoms with Gasteiger partial charge in [-0.3, -0.25) is 0 Å². The largest absolute Gasteiger partial charge is 0.463 e. The van der Waals surface area contributed by atoms with Crippen molar-refractivity contribution in [1.82, 2.24) is 0 Å². The van der Waals surface area contributed by atoms with Gasteiger partial charge < -0.3 is 9.47 Å². The van der Waals surface area contributed by atoms with Crippen molar-refractivity contribution in [2.24, 2.45) is 5.92 Å². The minimum atomic E-state index is -0.797. The Morgan fingerprint density at radius 2 is 1.95 bits per heavy atom. The number of hydrogen-bond acceptors (Lipinski definition) is 3. The summed E-state index contributed by atoms with van der Waals surface area (Å²) < 4.78 is 10.8. The highest BCUT2D eigenvalue weighted by Gasteiger charge is 2.36. The molecule has 0 saturated carbocycles. The second-order valence-electron chi connectivity index (χ2n) is 4.64. The van der Waals surface area contributed by atoms with Crippen LogP contribution in [0.5, 0.6) is 0 Å². The van der Waals surface area contributed by atoms with Crippen LogP contribution in [0.1, 0.15) is 33.1 Å². The minimum Gasteiger partial charge on any atom is -0.463 e. The lowest BCUT2D eigenvalue weighted by Crippen LogP contribution is -2.41. The van der Waals surface area contributed by atoms with Crippen molar-refractivity contribution in [1.29, 1.82) is 0 Å². The summed E-state index contributed by atoms with van der Waals surface area (Å²) in [5.74, 6) is -0.128. The molecule has 1 aliphatic carbocycles. The van der Waals surface area contributed by atoms with Gasteiger partial charge in [0.2, 0.25) is 0 Å². The number of carbonyl (C=O) groups excluding carboxylic acids is 1. The van der Waals surface area contributed by atoms with Gasteiger partial charge in [-0.2, -0.15) is 0 Å². The first-order valence-electron chi connectivity index (χ1n) is 6.91. The number of esters is 1. The lowest BCUT2D eigenvalue weighted by atomic mass is 9.97. The molecule has 0 N–H and O–H groups in total. The van der Waals surface area contributed by atoms with Crippen LogP contribution in [-0.2, 0) is 14.3 Å². The molecule has 3 nitrogen and oxygen atoms in total. The second kappa shape index (κ2) is 7.95. The van der Waals surface area contributed by atoms with Crippen LogP contribution in [0, 0.1) is 5.92 Å². The number of methoxy groups -OCH3 is 1. The van der Waals surface area contributed by atoms with Gasteiger partial charge in [-0.05, 0) is 19.3 Å². The molecule has 0 radical (unpaired) electrons. The quantitative estimate of drug-likeness (QED) is 0.544. The normalized spacial score (nSPS) is 20.7. The molecule has 1 rings (SSSR count). The molecule has 19 heavy (non-hydrogen) atoms. The van der Waals surface area contributed by atoms with Crippen LogP contribution in [-0.4, -0.2) is 25.3 Å². The zero-order chi connectivity index (χ0) is 14.1. The van der Waals surface area contributed by atoms with Gasteiger partial charge in [0.15, 0.2) is 5.60 Å². The van der Waals surface area contributed by atoms with Crippen molar-refractivity contribution in [2.75, 3.05) is 13.7 Å². The zero-order valence-electron chi connectivity index (χ0n) is 12.1. The fourth-order valence-electron chi connectivity index (χ4n) is 2.09. The smallest absolute Gasteiger partial charge is 0.338 e. The molecule has 0 aromatic carbocycles. The van der Waals surface area contributed by atoms with Gasteiger partial charge in [-0.1, -0.05) is 50.3 Å². The summed E-state index contributed by atoms with van der Waals surface area (Å²) in [7, 11) is 1.56. The fourth-order valence-corrected chi connectivity index (χ4v) is 2.09. The van der Waals surface area contributed by atoms with E-state index in [4.69, 9.17) is 9.47 Å². The summed E-state index contributed by atoms with van der Waals surface area (Å²) in [4.78, 5) is 12.1. The molecule has 0 fully saturated rings. The Bertz CT molecular complexity index is 354. The maximum Gasteiger partial charge on any atom is 0.338 e. The third-order valence-corrected chi connectivity index (χ3v) is 3.57. The van der Waals surface area contributed by atoms with Gasteiger partial charge in [0.1, 0.15) is 6.61 Å². The lowest BCUT2D eigenvalue weighted by Gasteiger charge is -2.28. The maximum absolute atomic E-state index is 12.1. The Hall–Kier alpha value is -1.35. The molecule has 3 heteroatoms. The standard InChI is InChI=1S/C16H24O3/c1-4-16(5-2,18-3)15(17)19-13-14-11-9-7-6-8-10-12-14/h6-7,9-12,14H,4-5,8,13H2,1-3H3/b7-6-,11-9?,12-10?. The van der Waals surface area contributed by atoms with Gasteiger partial charge in [0.25, 0.3) is 0 Å². The highest BCUT2D eigenvalue weighted by Crippen LogP contribution is 2.22. The fraction of sp³-hybridized carbons (Fsp3) is 0.562. The van der Waals surface area contributed by atoms with Crippen molar-refractivity contribution in [3.63, 3.8) is 0 Å². The van der Waals surface area contributed by atoms with Crippen molar-refractivity contribution < 1.29 is 14.3 Å². The second-order valence-corrected chi connectivity index (χ2v) is 4.64. The van der Waals surface area contributed by atoms with Crippen LogP contribution in [0.15, 0.2) is 36.5 Å². The summed E-state index contributed by atoms with van der Waals surface area (Å²) in [5, 5.41) is 0. The topological polar surface area (TPSA) is 35.5 Å². The molecule has 0 aromatic rings. The molecule has 0 aromatic heterocycles. The first-order chi connectivity index (χ1) is 9.18. The van der Waals surface area contributed by atoms with Crippen LogP contribution >= 0.6 is 0 Å². The number of carbonyl (C=O) groups is 1. The predicted molar refractivity (Wildman–Crippen MR) is 76.8 cm³/mol. The van der Waals surface area contributed by atoms with E-state index in [1.54, 1.807) is 7.11 Å². The molecular formula is C16H24O3. The number of hydrogen-bond donors (Lipinski definition) is 0. The van der Waals surface area contributed by atoms with Crippen molar-refractivity contribution in [3.8, 4) is 0 Å². The van der Waals surface area contributed by atoms with Crippen molar-refractivity contribution in [2.45, 2.75) is 38.7 Å². The molecule has 0 heterocycles. The van der Waals surface area contributed by atoms with E-state index < -0.39 is 5.60 Å². The SMILES string of the molecule is CCC(CC)(OC)C(=O)OCC1C=C/C=C\CC=C1. The molecular weight excluding hydrogens is 240 g/mol. The minimum absolute atomic E-state index is 0.136. The molecule has 106 valence electrons. The Balaban J connectivity index is 2.57. The molecule has 0 spiro atoms. The lowest BCUT2D eigenvalue weighted by molar-refractivity contribution is -0.170. The first-order valence-corrected chi connectivity index (χ1v) is 6.91. The van der Waals surface area contributed by atoms with Gasteiger partial charge >= 0.3 is 5.97 Å². The van der Waals surface area contributed by atoms with Crippen LogP contribution in [0.25, 0.3) is 0 Å². The van der Waals surface area contributed by atoms with Gasteiger partial charge in [-0.15, -0.1) is 0 Å². The van der Waals surface area contributed by atoms with Crippen LogP contribution in [0.3, 0.4) is 0 Å². The van der Waals surface area contributed by atoms with E-state index in [2.05, 4.69) is 18.2 Å². The van der Waals surface area contributed by atoms with E-state index in [0.717, 1.165) is 6.42 Å². The molecule has 1 aliphatic rings. The third-order valence-electron chi connectivity index (χ3n) is 3.57. The van der Waals surface area contributed by atoms with Crippen LogP contribution in [0.4, 0.5) is 0 Å². The zero-order valence-corrected chi connectivity index (χ0v) is 12.1. The van der Waals surface area contributed by atoms with Crippen molar-refractivity contribution in [3.05, 3.63) is 36.5 Å². The van der Waals surface area contributed by atoms with Crippen LogP contribution < -0.4 is 0 Å². The molecule has 0 bridgehead atoms. The average molecular weight is 264 g/mol. The van der Waals surface area contributed by atoms with Gasteiger partial charge in [0.05, 0.1) is 0 Å². The number of rotatable bonds is 6. The predicted octanol–water partition coefficient (Wildman–Crippen LogP) is 3.42. The molecule has 0 aliphatic heterocycles. The monoisotopic (exact) mass is 264 g/mol. The Labute approximate surface area is 116 Å². The van der Waals surface area contributed by atoms with Gasteiger partial charge in [-0.25, -0.2) is 4.79 Å². The molecule has 0 amide bonds. The summed E-state index contributed by atoms with van der Waals surface area (Å²) >= 11 is 0. The summed E-state index contributed by atoms with van der Waals surface area (Å²) in [5.41, 5.74) is -0.797. The van der Waals surface area contributed by atoms with E-state index in [1.807, 2.05) is 32.1 Å². The molecule has 0 saturated heterocycles. The van der Waals surface area contributed by atoms with Crippen molar-refractivity contribution >= 4 is 5.97 Å². The Kier molecular flexibility index (Phi) is 6.57. The summed E-state index contributed by atoms with van der Waals surface area (Å²) in [6, 6.07) is 0. The molecule has 1 unspecified atom stereocenters. The number of ether oxygens (including phenoxy) is 2. The highest BCUT2D eigenvalue weighted by atomic mass is 16.6. The average Bonchev–Trinajstić information content (AvgIpc) is 2.40.